The Labute approximate surface area is 176 Å². The van der Waals surface area contributed by atoms with E-state index >= 15 is 0 Å². The van der Waals surface area contributed by atoms with Crippen molar-refractivity contribution in [2.45, 2.75) is 44.2 Å². The molecule has 6 heteroatoms. The molecule has 0 spiro atoms. The van der Waals surface area contributed by atoms with Gasteiger partial charge in [0, 0.05) is 24.8 Å². The lowest BCUT2D eigenvalue weighted by molar-refractivity contribution is -0.123. The van der Waals surface area contributed by atoms with Gasteiger partial charge in [-0.15, -0.1) is 0 Å². The summed E-state index contributed by atoms with van der Waals surface area (Å²) in [5.41, 5.74) is 2.62. The van der Waals surface area contributed by atoms with E-state index in [9.17, 15) is 13.6 Å². The zero-order valence-electron chi connectivity index (χ0n) is 17.2. The predicted molar refractivity (Wildman–Crippen MR) is 111 cm³/mol. The summed E-state index contributed by atoms with van der Waals surface area (Å²) < 4.78 is 32.8. The lowest BCUT2D eigenvalue weighted by Crippen LogP contribution is -2.45. The average molecular weight is 414 g/mol. The van der Waals surface area contributed by atoms with E-state index in [1.54, 1.807) is 6.92 Å². The second kappa shape index (κ2) is 9.23. The molecule has 1 aliphatic heterocycles. The maximum atomic E-state index is 14.2. The molecular formula is C24H28F2N2O2. The number of ether oxygens (including phenoxy) is 1. The second-order valence-corrected chi connectivity index (χ2v) is 8.35. The minimum Gasteiger partial charge on any atom is -0.381 e. The molecule has 2 aliphatic rings. The van der Waals surface area contributed by atoms with Crippen LogP contribution >= 0.6 is 0 Å². The second-order valence-electron chi connectivity index (χ2n) is 8.35. The molecular weight excluding hydrogens is 386 g/mol. The zero-order chi connectivity index (χ0) is 21.1. The highest BCUT2D eigenvalue weighted by atomic mass is 19.1. The van der Waals surface area contributed by atoms with Gasteiger partial charge >= 0.3 is 0 Å². The van der Waals surface area contributed by atoms with E-state index in [4.69, 9.17) is 4.74 Å². The molecule has 1 heterocycles. The van der Waals surface area contributed by atoms with Crippen molar-refractivity contribution in [3.8, 4) is 0 Å². The van der Waals surface area contributed by atoms with E-state index in [1.165, 1.54) is 23.3 Å². The number of benzene rings is 2. The first kappa shape index (κ1) is 20.9. The average Bonchev–Trinajstić information content (AvgIpc) is 3.09. The molecule has 4 rings (SSSR count). The first-order valence-electron chi connectivity index (χ1n) is 10.7. The highest BCUT2D eigenvalue weighted by molar-refractivity contribution is 5.83. The third kappa shape index (κ3) is 4.55. The van der Waals surface area contributed by atoms with Crippen molar-refractivity contribution in [3.05, 3.63) is 70.8 Å². The van der Waals surface area contributed by atoms with Crippen molar-refractivity contribution in [1.82, 2.24) is 10.6 Å². The number of carbonyl (C=O) groups excluding carboxylic acids is 1. The molecule has 160 valence electrons. The van der Waals surface area contributed by atoms with Crippen LogP contribution < -0.4 is 10.6 Å². The van der Waals surface area contributed by atoms with Gasteiger partial charge in [-0.2, -0.15) is 0 Å². The van der Waals surface area contributed by atoms with Crippen molar-refractivity contribution < 1.29 is 18.3 Å². The normalized spacial score (nSPS) is 22.5. The molecule has 2 aromatic carbocycles. The summed E-state index contributed by atoms with van der Waals surface area (Å²) in [4.78, 5) is 12.9. The standard InChI is InChI=1S/C24H28F2N2O2/c1-15(19-7-6-18(25)13-21(19)26)24(29)28-22-12-17-4-2-3-5-20(17)23(22)27-14-16-8-10-30-11-9-16/h2-7,13,15-16,22-23,27H,8-12,14H2,1H3,(H,28,29)/t15?,22-,23?/m0/s1. The van der Waals surface area contributed by atoms with Crippen LogP contribution in [0.5, 0.6) is 0 Å². The molecule has 2 N–H and O–H groups in total. The summed E-state index contributed by atoms with van der Waals surface area (Å²) >= 11 is 0. The number of hydrogen-bond donors (Lipinski definition) is 2. The fourth-order valence-electron chi connectivity index (χ4n) is 4.53. The van der Waals surface area contributed by atoms with Gasteiger partial charge in [-0.05, 0) is 55.8 Å². The quantitative estimate of drug-likeness (QED) is 0.755. The number of rotatable bonds is 6. The van der Waals surface area contributed by atoms with Crippen molar-refractivity contribution in [2.24, 2.45) is 5.92 Å². The molecule has 0 radical (unpaired) electrons. The maximum Gasteiger partial charge on any atom is 0.227 e. The van der Waals surface area contributed by atoms with Crippen molar-refractivity contribution in [3.63, 3.8) is 0 Å². The Balaban J connectivity index is 1.46. The van der Waals surface area contributed by atoms with E-state index in [-0.39, 0.29) is 23.6 Å². The van der Waals surface area contributed by atoms with Crippen LogP contribution in [0.2, 0.25) is 0 Å². The fourth-order valence-corrected chi connectivity index (χ4v) is 4.53. The van der Waals surface area contributed by atoms with Crippen LogP contribution in [0.25, 0.3) is 0 Å². The van der Waals surface area contributed by atoms with Gasteiger partial charge < -0.3 is 15.4 Å². The number of halogens is 2. The molecule has 0 aromatic heterocycles. The van der Waals surface area contributed by atoms with Crippen LogP contribution in [-0.2, 0) is 16.0 Å². The molecule has 4 nitrogen and oxygen atoms in total. The molecule has 0 bridgehead atoms. The molecule has 1 saturated heterocycles. The van der Waals surface area contributed by atoms with Gasteiger partial charge in [0.15, 0.2) is 0 Å². The smallest absolute Gasteiger partial charge is 0.227 e. The minimum atomic E-state index is -0.703. The van der Waals surface area contributed by atoms with Crippen LogP contribution in [0.4, 0.5) is 8.78 Å². The first-order chi connectivity index (χ1) is 14.5. The molecule has 3 atom stereocenters. The minimum absolute atomic E-state index is 0.0123. The first-order valence-corrected chi connectivity index (χ1v) is 10.7. The molecule has 30 heavy (non-hydrogen) atoms. The lowest BCUT2D eigenvalue weighted by Gasteiger charge is -2.28. The Kier molecular flexibility index (Phi) is 6.44. The van der Waals surface area contributed by atoms with E-state index < -0.39 is 17.6 Å². The molecule has 0 saturated carbocycles. The summed E-state index contributed by atoms with van der Waals surface area (Å²) in [5, 5.41) is 6.78. The SMILES string of the molecule is CC(C(=O)N[C@H]1Cc2ccccc2C1NCC1CCOCC1)c1ccc(F)cc1F. The monoisotopic (exact) mass is 414 g/mol. The van der Waals surface area contributed by atoms with E-state index in [0.717, 1.165) is 45.1 Å². The van der Waals surface area contributed by atoms with Gasteiger partial charge in [0.25, 0.3) is 0 Å². The van der Waals surface area contributed by atoms with Gasteiger partial charge in [0.05, 0.1) is 18.0 Å². The highest BCUT2D eigenvalue weighted by Crippen LogP contribution is 2.32. The maximum absolute atomic E-state index is 14.2. The van der Waals surface area contributed by atoms with Crippen LogP contribution in [0.15, 0.2) is 42.5 Å². The molecule has 2 unspecified atom stereocenters. The summed E-state index contributed by atoms with van der Waals surface area (Å²) in [6, 6.07) is 11.5. The van der Waals surface area contributed by atoms with Crippen molar-refractivity contribution in [1.29, 1.82) is 0 Å². The third-order valence-electron chi connectivity index (χ3n) is 6.35. The van der Waals surface area contributed by atoms with Crippen LogP contribution in [0.3, 0.4) is 0 Å². The van der Waals surface area contributed by atoms with Crippen molar-refractivity contribution in [2.75, 3.05) is 19.8 Å². The predicted octanol–water partition coefficient (Wildman–Crippen LogP) is 3.87. The topological polar surface area (TPSA) is 50.4 Å². The fraction of sp³-hybridized carbons (Fsp3) is 0.458. The van der Waals surface area contributed by atoms with E-state index in [2.05, 4.69) is 22.8 Å². The van der Waals surface area contributed by atoms with Crippen LogP contribution in [0.1, 0.15) is 48.4 Å². The Bertz CT molecular complexity index is 899. The largest absolute Gasteiger partial charge is 0.381 e. The van der Waals surface area contributed by atoms with Gasteiger partial charge in [-0.3, -0.25) is 4.79 Å². The third-order valence-corrected chi connectivity index (χ3v) is 6.35. The summed E-state index contributed by atoms with van der Waals surface area (Å²) in [6.07, 6.45) is 2.81. The van der Waals surface area contributed by atoms with E-state index in [0.29, 0.717) is 5.92 Å². The number of hydrogen-bond acceptors (Lipinski definition) is 3. The van der Waals surface area contributed by atoms with Crippen LogP contribution in [0, 0.1) is 17.6 Å². The van der Waals surface area contributed by atoms with Gasteiger partial charge in [0.2, 0.25) is 5.91 Å². The number of fused-ring (bicyclic) bond motifs is 1. The van der Waals surface area contributed by atoms with Crippen molar-refractivity contribution >= 4 is 5.91 Å². The highest BCUT2D eigenvalue weighted by Gasteiger charge is 2.34. The Hall–Kier alpha value is -2.31. The molecule has 1 amide bonds. The lowest BCUT2D eigenvalue weighted by atomic mass is 9.97. The molecule has 1 aliphatic carbocycles. The number of amides is 1. The van der Waals surface area contributed by atoms with Gasteiger partial charge in [-0.1, -0.05) is 30.3 Å². The Morgan fingerprint density at radius 3 is 2.70 bits per heavy atom. The Morgan fingerprint density at radius 2 is 1.93 bits per heavy atom. The summed E-state index contributed by atoms with van der Waals surface area (Å²) in [6.45, 7) is 4.12. The molecule has 2 aromatic rings. The Morgan fingerprint density at radius 1 is 1.17 bits per heavy atom. The zero-order valence-corrected chi connectivity index (χ0v) is 17.2. The summed E-state index contributed by atoms with van der Waals surface area (Å²) in [7, 11) is 0. The van der Waals surface area contributed by atoms with E-state index in [1.807, 2.05) is 12.1 Å². The summed E-state index contributed by atoms with van der Waals surface area (Å²) in [5.74, 6) is -1.73. The van der Waals surface area contributed by atoms with Gasteiger partial charge in [0.1, 0.15) is 11.6 Å². The number of nitrogens with one attached hydrogen (secondary N) is 2. The van der Waals surface area contributed by atoms with Gasteiger partial charge in [-0.25, -0.2) is 8.78 Å². The van der Waals surface area contributed by atoms with Crippen LogP contribution in [-0.4, -0.2) is 31.7 Å². The molecule has 1 fully saturated rings. The number of carbonyl (C=O) groups is 1.